The smallest absolute Gasteiger partial charge is 0.212 e. The first-order chi connectivity index (χ1) is 5.41. The Morgan fingerprint density at radius 1 is 1.50 bits per heavy atom. The highest BCUT2D eigenvalue weighted by Crippen LogP contribution is 2.26. The first-order valence-electron chi connectivity index (χ1n) is 4.01. The SMILES string of the molecule is C[C@H](Cl)c1ncc(C(C)(C)C)o1. The lowest BCUT2D eigenvalue weighted by Crippen LogP contribution is -2.09. The van der Waals surface area contributed by atoms with E-state index in [0.717, 1.165) is 5.76 Å². The molecule has 0 amide bonds. The normalized spacial score (nSPS) is 14.8. The van der Waals surface area contributed by atoms with Crippen LogP contribution in [-0.4, -0.2) is 4.98 Å². The summed E-state index contributed by atoms with van der Waals surface area (Å²) in [5.74, 6) is 1.48. The number of nitrogens with zero attached hydrogens (tertiary/aromatic N) is 1. The van der Waals surface area contributed by atoms with Gasteiger partial charge in [-0.1, -0.05) is 20.8 Å². The molecule has 0 radical (unpaired) electrons. The first kappa shape index (κ1) is 9.59. The number of aromatic nitrogens is 1. The van der Waals surface area contributed by atoms with Crippen LogP contribution >= 0.6 is 11.6 Å². The van der Waals surface area contributed by atoms with Gasteiger partial charge in [0.25, 0.3) is 0 Å². The molecule has 0 aliphatic rings. The van der Waals surface area contributed by atoms with E-state index in [4.69, 9.17) is 16.0 Å². The Morgan fingerprint density at radius 3 is 2.33 bits per heavy atom. The van der Waals surface area contributed by atoms with Gasteiger partial charge in [-0.05, 0) is 6.92 Å². The molecule has 0 saturated carbocycles. The van der Waals surface area contributed by atoms with Gasteiger partial charge < -0.3 is 4.42 Å². The van der Waals surface area contributed by atoms with E-state index >= 15 is 0 Å². The van der Waals surface area contributed by atoms with Crippen molar-refractivity contribution >= 4 is 11.6 Å². The summed E-state index contributed by atoms with van der Waals surface area (Å²) in [6.07, 6.45) is 1.74. The number of rotatable bonds is 1. The van der Waals surface area contributed by atoms with Crippen molar-refractivity contribution in [3.05, 3.63) is 17.8 Å². The molecule has 12 heavy (non-hydrogen) atoms. The standard InChI is InChI=1S/C9H14ClNO/c1-6(10)8-11-5-7(12-8)9(2,3)4/h5-6H,1-4H3/t6-/m0/s1. The Kier molecular flexibility index (Phi) is 2.47. The van der Waals surface area contributed by atoms with E-state index in [9.17, 15) is 0 Å². The molecule has 1 atom stereocenters. The van der Waals surface area contributed by atoms with E-state index in [0.29, 0.717) is 5.89 Å². The minimum absolute atomic E-state index is 0.0109. The van der Waals surface area contributed by atoms with Crippen LogP contribution in [0.5, 0.6) is 0 Å². The molecule has 1 heterocycles. The Morgan fingerprint density at radius 2 is 2.08 bits per heavy atom. The summed E-state index contributed by atoms with van der Waals surface area (Å²) >= 11 is 5.81. The van der Waals surface area contributed by atoms with E-state index in [1.807, 2.05) is 6.92 Å². The van der Waals surface area contributed by atoms with Crippen LogP contribution in [0, 0.1) is 0 Å². The first-order valence-corrected chi connectivity index (χ1v) is 4.45. The molecule has 0 N–H and O–H groups in total. The number of oxazole rings is 1. The van der Waals surface area contributed by atoms with Gasteiger partial charge in [-0.15, -0.1) is 11.6 Å². The fourth-order valence-corrected chi connectivity index (χ4v) is 0.919. The van der Waals surface area contributed by atoms with Crippen LogP contribution < -0.4 is 0 Å². The second-order valence-corrected chi connectivity index (χ2v) is 4.58. The summed E-state index contributed by atoms with van der Waals surface area (Å²) in [7, 11) is 0. The summed E-state index contributed by atoms with van der Waals surface area (Å²) in [6.45, 7) is 8.09. The quantitative estimate of drug-likeness (QED) is 0.631. The van der Waals surface area contributed by atoms with Crippen LogP contribution in [0.1, 0.15) is 44.7 Å². The van der Waals surface area contributed by atoms with E-state index < -0.39 is 0 Å². The van der Waals surface area contributed by atoms with Crippen LogP contribution in [0.3, 0.4) is 0 Å². The van der Waals surface area contributed by atoms with Gasteiger partial charge in [0, 0.05) is 5.41 Å². The van der Waals surface area contributed by atoms with Gasteiger partial charge in [0.15, 0.2) is 0 Å². The largest absolute Gasteiger partial charge is 0.444 e. The minimum Gasteiger partial charge on any atom is -0.444 e. The highest BCUT2D eigenvalue weighted by atomic mass is 35.5. The summed E-state index contributed by atoms with van der Waals surface area (Å²) in [4.78, 5) is 4.08. The molecule has 2 nitrogen and oxygen atoms in total. The van der Waals surface area contributed by atoms with Crippen LogP contribution in [-0.2, 0) is 5.41 Å². The zero-order valence-electron chi connectivity index (χ0n) is 7.89. The van der Waals surface area contributed by atoms with Gasteiger partial charge in [0.05, 0.1) is 6.20 Å². The molecular formula is C9H14ClNO. The number of halogens is 1. The molecule has 0 saturated heterocycles. The third-order valence-corrected chi connectivity index (χ3v) is 1.79. The molecule has 0 unspecified atom stereocenters. The number of alkyl halides is 1. The van der Waals surface area contributed by atoms with Gasteiger partial charge in [-0.25, -0.2) is 4.98 Å². The molecular weight excluding hydrogens is 174 g/mol. The number of hydrogen-bond acceptors (Lipinski definition) is 2. The van der Waals surface area contributed by atoms with Crippen molar-refractivity contribution in [2.75, 3.05) is 0 Å². The van der Waals surface area contributed by atoms with Gasteiger partial charge in [-0.2, -0.15) is 0 Å². The predicted molar refractivity (Wildman–Crippen MR) is 49.5 cm³/mol. The van der Waals surface area contributed by atoms with Crippen molar-refractivity contribution in [1.82, 2.24) is 4.98 Å². The molecule has 0 aromatic carbocycles. The van der Waals surface area contributed by atoms with Gasteiger partial charge >= 0.3 is 0 Å². The van der Waals surface area contributed by atoms with Crippen LogP contribution in [0.4, 0.5) is 0 Å². The van der Waals surface area contributed by atoms with Crippen molar-refractivity contribution in [2.45, 2.75) is 38.5 Å². The topological polar surface area (TPSA) is 26.0 Å². The highest BCUT2D eigenvalue weighted by Gasteiger charge is 2.20. The Labute approximate surface area is 77.9 Å². The van der Waals surface area contributed by atoms with Crippen molar-refractivity contribution in [2.24, 2.45) is 0 Å². The maximum absolute atomic E-state index is 5.81. The lowest BCUT2D eigenvalue weighted by molar-refractivity contribution is 0.382. The zero-order chi connectivity index (χ0) is 9.35. The maximum Gasteiger partial charge on any atom is 0.212 e. The predicted octanol–water partition coefficient (Wildman–Crippen LogP) is 3.27. The maximum atomic E-state index is 5.81. The molecule has 0 spiro atoms. The fourth-order valence-electron chi connectivity index (χ4n) is 0.818. The van der Waals surface area contributed by atoms with Gasteiger partial charge in [0.1, 0.15) is 11.1 Å². The Balaban J connectivity index is 2.92. The third kappa shape index (κ3) is 2.01. The summed E-state index contributed by atoms with van der Waals surface area (Å²) < 4.78 is 5.47. The summed E-state index contributed by atoms with van der Waals surface area (Å²) in [6, 6.07) is 0. The second-order valence-electron chi connectivity index (χ2n) is 3.93. The molecule has 1 aromatic heterocycles. The molecule has 3 heteroatoms. The molecule has 0 bridgehead atoms. The molecule has 1 rings (SSSR count). The lowest BCUT2D eigenvalue weighted by Gasteiger charge is -2.13. The van der Waals surface area contributed by atoms with Crippen molar-refractivity contribution < 1.29 is 4.42 Å². The van der Waals surface area contributed by atoms with Gasteiger partial charge in [-0.3, -0.25) is 0 Å². The molecule has 0 aliphatic carbocycles. The molecule has 1 aromatic rings. The average molecular weight is 188 g/mol. The van der Waals surface area contributed by atoms with E-state index in [1.54, 1.807) is 6.20 Å². The summed E-state index contributed by atoms with van der Waals surface area (Å²) in [5.41, 5.74) is 0.0109. The van der Waals surface area contributed by atoms with Crippen LogP contribution in [0.2, 0.25) is 0 Å². The minimum atomic E-state index is -0.152. The van der Waals surface area contributed by atoms with Crippen LogP contribution in [0.15, 0.2) is 10.6 Å². The Bertz CT molecular complexity index is 260. The van der Waals surface area contributed by atoms with E-state index in [2.05, 4.69) is 25.8 Å². The van der Waals surface area contributed by atoms with Crippen molar-refractivity contribution in [1.29, 1.82) is 0 Å². The molecule has 68 valence electrons. The monoisotopic (exact) mass is 187 g/mol. The Hall–Kier alpha value is -0.500. The van der Waals surface area contributed by atoms with E-state index in [1.165, 1.54) is 0 Å². The number of hydrogen-bond donors (Lipinski definition) is 0. The highest BCUT2D eigenvalue weighted by molar-refractivity contribution is 6.20. The van der Waals surface area contributed by atoms with Crippen molar-refractivity contribution in [3.8, 4) is 0 Å². The van der Waals surface area contributed by atoms with Crippen molar-refractivity contribution in [3.63, 3.8) is 0 Å². The lowest BCUT2D eigenvalue weighted by atomic mass is 9.94. The van der Waals surface area contributed by atoms with Gasteiger partial charge in [0.2, 0.25) is 5.89 Å². The molecule has 0 aliphatic heterocycles. The molecule has 0 fully saturated rings. The zero-order valence-corrected chi connectivity index (χ0v) is 8.64. The average Bonchev–Trinajstić information content (AvgIpc) is 2.30. The summed E-state index contributed by atoms with van der Waals surface area (Å²) in [5, 5.41) is -0.152. The fraction of sp³-hybridized carbons (Fsp3) is 0.667. The van der Waals surface area contributed by atoms with E-state index in [-0.39, 0.29) is 10.8 Å². The second kappa shape index (κ2) is 3.09. The third-order valence-electron chi connectivity index (χ3n) is 1.60. The van der Waals surface area contributed by atoms with Crippen LogP contribution in [0.25, 0.3) is 0 Å².